The molecule has 0 aliphatic heterocycles. The van der Waals surface area contributed by atoms with Gasteiger partial charge in [0.1, 0.15) is 16.4 Å². The number of nitrogens with zero attached hydrogens (tertiary/aromatic N) is 1. The maximum Gasteiger partial charge on any atom is 0.255 e. The molecule has 0 fully saturated rings. The van der Waals surface area contributed by atoms with E-state index < -0.39 is 21.8 Å². The van der Waals surface area contributed by atoms with Gasteiger partial charge in [0, 0.05) is 25.2 Å². The molecule has 0 aliphatic carbocycles. The maximum atomic E-state index is 12.7. The van der Waals surface area contributed by atoms with Crippen LogP contribution in [0.5, 0.6) is 11.5 Å². The lowest BCUT2D eigenvalue weighted by atomic mass is 10.1. The molecule has 0 heterocycles. The number of carbonyl (C=O) groups is 2. The highest BCUT2D eigenvalue weighted by Crippen LogP contribution is 2.29. The van der Waals surface area contributed by atoms with Gasteiger partial charge in [-0.1, -0.05) is 0 Å². The zero-order valence-corrected chi connectivity index (χ0v) is 16.7. The van der Waals surface area contributed by atoms with Gasteiger partial charge in [0.25, 0.3) is 5.91 Å². The van der Waals surface area contributed by atoms with Crippen LogP contribution in [0.3, 0.4) is 0 Å². The molecule has 9 nitrogen and oxygen atoms in total. The number of hydrogen-bond donors (Lipinski definition) is 2. The number of nitrogens with one attached hydrogen (secondary N) is 1. The van der Waals surface area contributed by atoms with Gasteiger partial charge in [-0.25, -0.2) is 12.7 Å². The summed E-state index contributed by atoms with van der Waals surface area (Å²) in [6.45, 7) is 0. The Labute approximate surface area is 163 Å². The van der Waals surface area contributed by atoms with Crippen molar-refractivity contribution >= 4 is 27.5 Å². The molecule has 3 N–H and O–H groups in total. The number of ether oxygens (including phenoxy) is 2. The molecule has 2 aromatic rings. The van der Waals surface area contributed by atoms with Gasteiger partial charge >= 0.3 is 0 Å². The highest BCUT2D eigenvalue weighted by atomic mass is 32.2. The topological polar surface area (TPSA) is 128 Å². The first-order valence-corrected chi connectivity index (χ1v) is 9.45. The van der Waals surface area contributed by atoms with Crippen LogP contribution in [0.1, 0.15) is 20.7 Å². The van der Waals surface area contributed by atoms with Crippen molar-refractivity contribution in [1.29, 1.82) is 0 Å². The first-order chi connectivity index (χ1) is 13.1. The molecule has 28 heavy (non-hydrogen) atoms. The second-order valence-electron chi connectivity index (χ2n) is 5.89. The van der Waals surface area contributed by atoms with E-state index in [0.717, 1.165) is 4.31 Å². The van der Waals surface area contributed by atoms with Crippen molar-refractivity contribution in [3.8, 4) is 11.5 Å². The summed E-state index contributed by atoms with van der Waals surface area (Å²) < 4.78 is 36.3. The van der Waals surface area contributed by atoms with E-state index >= 15 is 0 Å². The van der Waals surface area contributed by atoms with E-state index in [9.17, 15) is 18.0 Å². The molecule has 0 spiro atoms. The van der Waals surface area contributed by atoms with Gasteiger partial charge in [0.2, 0.25) is 15.9 Å². The molecule has 2 aromatic carbocycles. The number of nitrogens with two attached hydrogens (primary N) is 1. The molecule has 0 radical (unpaired) electrons. The summed E-state index contributed by atoms with van der Waals surface area (Å²) in [6, 6.07) is 8.36. The predicted molar refractivity (Wildman–Crippen MR) is 103 cm³/mol. The van der Waals surface area contributed by atoms with Crippen LogP contribution in [-0.2, 0) is 10.0 Å². The minimum atomic E-state index is -3.84. The molecular weight excluding hydrogens is 386 g/mol. The summed E-state index contributed by atoms with van der Waals surface area (Å²) in [5, 5.41) is 2.60. The maximum absolute atomic E-state index is 12.7. The molecule has 0 saturated heterocycles. The van der Waals surface area contributed by atoms with E-state index in [-0.39, 0.29) is 27.5 Å². The number of rotatable bonds is 7. The van der Waals surface area contributed by atoms with Crippen LogP contribution in [0.15, 0.2) is 41.3 Å². The average molecular weight is 407 g/mol. The Morgan fingerprint density at radius 1 is 0.964 bits per heavy atom. The zero-order chi connectivity index (χ0) is 21.1. The Morgan fingerprint density at radius 2 is 1.54 bits per heavy atom. The Kier molecular flexibility index (Phi) is 6.26. The molecule has 0 aromatic heterocycles. The van der Waals surface area contributed by atoms with Gasteiger partial charge in [0.15, 0.2) is 0 Å². The Morgan fingerprint density at radius 3 is 2.07 bits per heavy atom. The molecule has 0 saturated carbocycles. The van der Waals surface area contributed by atoms with Crippen molar-refractivity contribution in [2.24, 2.45) is 5.73 Å². The molecule has 2 rings (SSSR count). The van der Waals surface area contributed by atoms with Crippen molar-refractivity contribution in [3.05, 3.63) is 47.5 Å². The largest absolute Gasteiger partial charge is 0.495 e. The molecule has 10 heteroatoms. The van der Waals surface area contributed by atoms with Crippen LogP contribution in [0.2, 0.25) is 0 Å². The van der Waals surface area contributed by atoms with E-state index in [0.29, 0.717) is 5.75 Å². The van der Waals surface area contributed by atoms with Crippen LogP contribution in [0.25, 0.3) is 0 Å². The van der Waals surface area contributed by atoms with E-state index in [2.05, 4.69) is 5.32 Å². The lowest BCUT2D eigenvalue weighted by Crippen LogP contribution is -2.23. The van der Waals surface area contributed by atoms with Gasteiger partial charge < -0.3 is 20.5 Å². The number of amides is 2. The minimum absolute atomic E-state index is 0.0766. The van der Waals surface area contributed by atoms with E-state index in [1.54, 1.807) is 0 Å². The second-order valence-corrected chi connectivity index (χ2v) is 8.01. The van der Waals surface area contributed by atoms with Gasteiger partial charge in [-0.15, -0.1) is 0 Å². The number of benzene rings is 2. The number of hydrogen-bond acceptors (Lipinski definition) is 6. The minimum Gasteiger partial charge on any atom is -0.495 e. The van der Waals surface area contributed by atoms with E-state index in [1.807, 2.05) is 0 Å². The number of sulfonamides is 1. The fraction of sp³-hybridized carbons (Fsp3) is 0.222. The van der Waals surface area contributed by atoms with Crippen LogP contribution in [-0.4, -0.2) is 52.9 Å². The van der Waals surface area contributed by atoms with Crippen molar-refractivity contribution in [1.82, 2.24) is 4.31 Å². The van der Waals surface area contributed by atoms with Crippen LogP contribution in [0.4, 0.5) is 5.69 Å². The Balaban J connectivity index is 2.46. The number of anilines is 1. The lowest BCUT2D eigenvalue weighted by Gasteiger charge is -2.16. The van der Waals surface area contributed by atoms with Gasteiger partial charge in [-0.2, -0.15) is 0 Å². The summed E-state index contributed by atoms with van der Waals surface area (Å²) in [7, 11) is 1.66. The molecule has 150 valence electrons. The van der Waals surface area contributed by atoms with Gasteiger partial charge in [0.05, 0.1) is 19.9 Å². The van der Waals surface area contributed by atoms with Crippen molar-refractivity contribution in [3.63, 3.8) is 0 Å². The van der Waals surface area contributed by atoms with Crippen LogP contribution in [0, 0.1) is 0 Å². The lowest BCUT2D eigenvalue weighted by molar-refractivity contribution is 0.0996. The second kappa shape index (κ2) is 8.28. The van der Waals surface area contributed by atoms with E-state index in [1.165, 1.54) is 64.7 Å². The normalized spacial score (nSPS) is 11.2. The molecule has 0 bridgehead atoms. The standard InChI is InChI=1S/C18H21N3O6S/c1-21(2)28(24,25)16-10-12(6-8-15(16)27-4)18(23)20-13-9-11(17(19)22)5-7-14(13)26-3/h5-10H,1-4H3,(H2,19,22)(H,20,23). The summed E-state index contributed by atoms with van der Waals surface area (Å²) in [6.07, 6.45) is 0. The first kappa shape index (κ1) is 21.2. The third-order valence-corrected chi connectivity index (χ3v) is 5.75. The zero-order valence-electron chi connectivity index (χ0n) is 15.8. The number of primary amides is 1. The quantitative estimate of drug-likeness (QED) is 0.712. The van der Waals surface area contributed by atoms with Crippen LogP contribution < -0.4 is 20.5 Å². The molecule has 0 unspecified atom stereocenters. The fourth-order valence-corrected chi connectivity index (χ4v) is 3.44. The summed E-state index contributed by atoms with van der Waals surface area (Å²) >= 11 is 0. The number of methoxy groups -OCH3 is 2. The monoisotopic (exact) mass is 407 g/mol. The predicted octanol–water partition coefficient (Wildman–Crippen LogP) is 1.31. The third kappa shape index (κ3) is 4.24. The highest BCUT2D eigenvalue weighted by Gasteiger charge is 2.24. The van der Waals surface area contributed by atoms with Crippen molar-refractivity contribution in [2.75, 3.05) is 33.6 Å². The van der Waals surface area contributed by atoms with Crippen molar-refractivity contribution in [2.45, 2.75) is 4.90 Å². The van der Waals surface area contributed by atoms with Crippen molar-refractivity contribution < 1.29 is 27.5 Å². The molecule has 0 aliphatic rings. The fourth-order valence-electron chi connectivity index (χ4n) is 2.37. The average Bonchev–Trinajstić information content (AvgIpc) is 2.67. The first-order valence-electron chi connectivity index (χ1n) is 8.01. The Bertz CT molecular complexity index is 1020. The third-order valence-electron chi connectivity index (χ3n) is 3.92. The summed E-state index contributed by atoms with van der Waals surface area (Å²) in [5.41, 5.74) is 5.74. The summed E-state index contributed by atoms with van der Waals surface area (Å²) in [4.78, 5) is 23.9. The molecule has 0 atom stereocenters. The van der Waals surface area contributed by atoms with Gasteiger partial charge in [-0.05, 0) is 36.4 Å². The van der Waals surface area contributed by atoms with Crippen LogP contribution >= 0.6 is 0 Å². The summed E-state index contributed by atoms with van der Waals surface area (Å²) in [5.74, 6) is -0.841. The number of carbonyl (C=O) groups excluding carboxylic acids is 2. The molecule has 2 amide bonds. The smallest absolute Gasteiger partial charge is 0.255 e. The SMILES string of the molecule is COc1ccc(C(N)=O)cc1NC(=O)c1ccc(OC)c(S(=O)(=O)N(C)C)c1. The molecular formula is C18H21N3O6S. The highest BCUT2D eigenvalue weighted by molar-refractivity contribution is 7.89. The van der Waals surface area contributed by atoms with E-state index in [4.69, 9.17) is 15.2 Å². The Hall–Kier alpha value is -3.11. The van der Waals surface area contributed by atoms with Gasteiger partial charge in [-0.3, -0.25) is 9.59 Å².